The number of carbonyl (C=O) groups excluding carboxylic acids is 1. The third-order valence-electron chi connectivity index (χ3n) is 2.75. The predicted molar refractivity (Wildman–Crippen MR) is 78.2 cm³/mol. The van der Waals surface area contributed by atoms with Crippen LogP contribution in [0.25, 0.3) is 0 Å². The van der Waals surface area contributed by atoms with E-state index in [0.29, 0.717) is 10.8 Å². The molecule has 0 aliphatic rings. The second-order valence-corrected chi connectivity index (χ2v) is 5.27. The lowest BCUT2D eigenvalue weighted by molar-refractivity contribution is -0.113. The maximum absolute atomic E-state index is 12.0. The van der Waals surface area contributed by atoms with Crippen LogP contribution >= 0.6 is 11.8 Å². The molecule has 0 aliphatic carbocycles. The smallest absolute Gasteiger partial charge is 0.387 e. The van der Waals surface area contributed by atoms with Crippen molar-refractivity contribution in [3.8, 4) is 5.75 Å². The minimum atomic E-state index is -2.87. The number of nitrogens with zero attached hydrogens (tertiary/aromatic N) is 3. The monoisotopic (exact) mass is 328 g/mol. The number of aromatic nitrogens is 3. The molecule has 118 valence electrons. The molecule has 1 N–H and O–H groups in total. The molecule has 0 fully saturated rings. The number of benzene rings is 1. The van der Waals surface area contributed by atoms with E-state index in [4.69, 9.17) is 0 Å². The number of hydrogen-bond donors (Lipinski definition) is 1. The fourth-order valence-electron chi connectivity index (χ4n) is 1.56. The van der Waals surface area contributed by atoms with Gasteiger partial charge in [0.15, 0.2) is 5.16 Å². The van der Waals surface area contributed by atoms with E-state index in [1.54, 1.807) is 4.57 Å². The number of ether oxygens (including phenoxy) is 1. The normalized spacial score (nSPS) is 10.8. The molecule has 22 heavy (non-hydrogen) atoms. The Bertz CT molecular complexity index is 646. The molecule has 2 rings (SSSR count). The summed E-state index contributed by atoms with van der Waals surface area (Å²) in [6, 6.07) is 5.71. The first-order valence-electron chi connectivity index (χ1n) is 6.29. The Morgan fingerprint density at radius 3 is 2.59 bits per heavy atom. The molecule has 0 spiro atoms. The van der Waals surface area contributed by atoms with Crippen LogP contribution in [0.1, 0.15) is 5.82 Å². The van der Waals surface area contributed by atoms with Crippen molar-refractivity contribution < 1.29 is 18.3 Å². The molecule has 0 aliphatic heterocycles. The van der Waals surface area contributed by atoms with E-state index < -0.39 is 6.61 Å². The van der Waals surface area contributed by atoms with Gasteiger partial charge in [-0.15, -0.1) is 10.2 Å². The third kappa shape index (κ3) is 4.42. The largest absolute Gasteiger partial charge is 0.435 e. The Labute approximate surface area is 129 Å². The quantitative estimate of drug-likeness (QED) is 0.825. The summed E-state index contributed by atoms with van der Waals surface area (Å²) in [5.74, 6) is 0.740. The van der Waals surface area contributed by atoms with E-state index in [1.165, 1.54) is 36.0 Å². The van der Waals surface area contributed by atoms with Gasteiger partial charge in [-0.2, -0.15) is 8.78 Å². The first-order valence-corrected chi connectivity index (χ1v) is 7.28. The van der Waals surface area contributed by atoms with Gasteiger partial charge in [0, 0.05) is 12.7 Å². The van der Waals surface area contributed by atoms with Crippen LogP contribution in [0.5, 0.6) is 5.75 Å². The van der Waals surface area contributed by atoms with Gasteiger partial charge in [-0.05, 0) is 31.2 Å². The summed E-state index contributed by atoms with van der Waals surface area (Å²) in [6.07, 6.45) is 0. The lowest BCUT2D eigenvalue weighted by Crippen LogP contribution is -2.14. The number of carbonyl (C=O) groups is 1. The van der Waals surface area contributed by atoms with Crippen LogP contribution in [0.4, 0.5) is 14.5 Å². The van der Waals surface area contributed by atoms with Gasteiger partial charge in [0.25, 0.3) is 0 Å². The standard InChI is InChI=1S/C13H14F2N4O2S/c1-8-17-18-13(19(8)2)22-7-11(20)16-9-3-5-10(6-4-9)21-12(14)15/h3-6,12H,7H2,1-2H3,(H,16,20). The van der Waals surface area contributed by atoms with Crippen molar-refractivity contribution in [1.29, 1.82) is 0 Å². The molecule has 1 aromatic heterocycles. The van der Waals surface area contributed by atoms with Crippen LogP contribution in [0.15, 0.2) is 29.4 Å². The van der Waals surface area contributed by atoms with Crippen LogP contribution in [0.3, 0.4) is 0 Å². The Hall–Kier alpha value is -2.16. The molecule has 0 saturated carbocycles. The maximum Gasteiger partial charge on any atom is 0.387 e. The lowest BCUT2D eigenvalue weighted by Gasteiger charge is -2.07. The molecule has 0 bridgehead atoms. The number of thioether (sulfide) groups is 1. The van der Waals surface area contributed by atoms with Gasteiger partial charge in [-0.1, -0.05) is 11.8 Å². The number of nitrogens with one attached hydrogen (secondary N) is 1. The summed E-state index contributed by atoms with van der Waals surface area (Å²) in [5, 5.41) is 11.1. The van der Waals surface area contributed by atoms with Crippen molar-refractivity contribution in [3.05, 3.63) is 30.1 Å². The summed E-state index contributed by atoms with van der Waals surface area (Å²) in [6.45, 7) is -1.05. The molecule has 6 nitrogen and oxygen atoms in total. The number of amides is 1. The highest BCUT2D eigenvalue weighted by molar-refractivity contribution is 7.99. The molecule has 0 unspecified atom stereocenters. The number of hydrogen-bond acceptors (Lipinski definition) is 5. The molecule has 1 amide bonds. The van der Waals surface area contributed by atoms with Gasteiger partial charge in [0.2, 0.25) is 5.91 Å². The zero-order valence-corrected chi connectivity index (χ0v) is 12.7. The van der Waals surface area contributed by atoms with Crippen LogP contribution in [-0.4, -0.2) is 33.0 Å². The van der Waals surface area contributed by atoms with Crippen LogP contribution in [0.2, 0.25) is 0 Å². The minimum absolute atomic E-state index is 0.0388. The highest BCUT2D eigenvalue weighted by atomic mass is 32.2. The van der Waals surface area contributed by atoms with Gasteiger partial charge < -0.3 is 14.6 Å². The van der Waals surface area contributed by atoms with Crippen molar-refractivity contribution in [1.82, 2.24) is 14.8 Å². The number of halogens is 2. The topological polar surface area (TPSA) is 69.0 Å². The Kier molecular flexibility index (Phi) is 5.31. The summed E-state index contributed by atoms with van der Waals surface area (Å²) in [5.41, 5.74) is 0.501. The van der Waals surface area contributed by atoms with E-state index in [9.17, 15) is 13.6 Å². The van der Waals surface area contributed by atoms with E-state index >= 15 is 0 Å². The van der Waals surface area contributed by atoms with Crippen LogP contribution in [0, 0.1) is 6.92 Å². The van der Waals surface area contributed by atoms with Gasteiger partial charge >= 0.3 is 6.61 Å². The number of anilines is 1. The van der Waals surface area contributed by atoms with E-state index in [0.717, 1.165) is 5.82 Å². The highest BCUT2D eigenvalue weighted by Gasteiger charge is 2.10. The SMILES string of the molecule is Cc1nnc(SCC(=O)Nc2ccc(OC(F)F)cc2)n1C. The third-order valence-corrected chi connectivity index (χ3v) is 3.77. The van der Waals surface area contributed by atoms with Gasteiger partial charge in [-0.25, -0.2) is 0 Å². The van der Waals surface area contributed by atoms with Crippen molar-refractivity contribution in [3.63, 3.8) is 0 Å². The zero-order valence-electron chi connectivity index (χ0n) is 11.9. The number of alkyl halides is 2. The molecule has 1 heterocycles. The predicted octanol–water partition coefficient (Wildman–Crippen LogP) is 2.46. The second kappa shape index (κ2) is 7.21. The zero-order chi connectivity index (χ0) is 16.1. The fraction of sp³-hybridized carbons (Fsp3) is 0.308. The summed E-state index contributed by atoms with van der Waals surface area (Å²) >= 11 is 1.26. The maximum atomic E-state index is 12.0. The summed E-state index contributed by atoms with van der Waals surface area (Å²) in [4.78, 5) is 11.8. The minimum Gasteiger partial charge on any atom is -0.435 e. The lowest BCUT2D eigenvalue weighted by atomic mass is 10.3. The Morgan fingerprint density at radius 1 is 1.36 bits per heavy atom. The highest BCUT2D eigenvalue weighted by Crippen LogP contribution is 2.19. The van der Waals surface area contributed by atoms with Crippen molar-refractivity contribution in [2.45, 2.75) is 18.7 Å². The van der Waals surface area contributed by atoms with Gasteiger partial charge in [0.1, 0.15) is 11.6 Å². The van der Waals surface area contributed by atoms with Crippen molar-refractivity contribution >= 4 is 23.4 Å². The van der Waals surface area contributed by atoms with Crippen molar-refractivity contribution in [2.75, 3.05) is 11.1 Å². The number of rotatable bonds is 6. The van der Waals surface area contributed by atoms with E-state index in [-0.39, 0.29) is 17.4 Å². The Morgan fingerprint density at radius 2 is 2.05 bits per heavy atom. The molecular formula is C13H14F2N4O2S. The summed E-state index contributed by atoms with van der Waals surface area (Å²) < 4.78 is 30.1. The summed E-state index contributed by atoms with van der Waals surface area (Å²) in [7, 11) is 1.82. The molecular weight excluding hydrogens is 314 g/mol. The molecule has 1 aromatic carbocycles. The average Bonchev–Trinajstić information content (AvgIpc) is 2.78. The molecule has 0 saturated heterocycles. The number of aryl methyl sites for hydroxylation is 1. The van der Waals surface area contributed by atoms with Crippen molar-refractivity contribution in [2.24, 2.45) is 7.05 Å². The first-order chi connectivity index (χ1) is 10.5. The molecule has 2 aromatic rings. The van der Waals surface area contributed by atoms with Crippen LogP contribution in [-0.2, 0) is 11.8 Å². The average molecular weight is 328 g/mol. The second-order valence-electron chi connectivity index (χ2n) is 4.33. The molecule has 0 atom stereocenters. The fourth-order valence-corrected chi connectivity index (χ4v) is 2.32. The van der Waals surface area contributed by atoms with Gasteiger partial charge in [0.05, 0.1) is 5.75 Å². The van der Waals surface area contributed by atoms with E-state index in [1.807, 2.05) is 14.0 Å². The first kappa shape index (κ1) is 16.2. The Balaban J connectivity index is 1.85. The van der Waals surface area contributed by atoms with Gasteiger partial charge in [-0.3, -0.25) is 4.79 Å². The molecule has 9 heteroatoms. The van der Waals surface area contributed by atoms with Crippen LogP contribution < -0.4 is 10.1 Å². The molecule has 0 radical (unpaired) electrons. The van der Waals surface area contributed by atoms with E-state index in [2.05, 4.69) is 20.3 Å².